The Morgan fingerprint density at radius 3 is 2.88 bits per heavy atom. The quantitative estimate of drug-likeness (QED) is 0.640. The van der Waals surface area contributed by atoms with E-state index in [1.807, 2.05) is 12.1 Å². The van der Waals surface area contributed by atoms with Crippen LogP contribution in [0.3, 0.4) is 0 Å². The molecule has 1 aromatic carbocycles. The van der Waals surface area contributed by atoms with Crippen LogP contribution in [0.2, 0.25) is 0 Å². The molecule has 0 amide bonds. The molecule has 0 spiro atoms. The Balaban J connectivity index is 2.05. The van der Waals surface area contributed by atoms with Gasteiger partial charge in [-0.1, -0.05) is 6.92 Å². The van der Waals surface area contributed by atoms with E-state index in [0.29, 0.717) is 12.0 Å². The number of hydrogen-bond donors (Lipinski definition) is 2. The number of piperidine rings is 1. The average molecular weight is 345 g/mol. The molecule has 2 atom stereocenters. The first kappa shape index (κ1) is 13.0. The van der Waals surface area contributed by atoms with E-state index < -0.39 is 0 Å². The summed E-state index contributed by atoms with van der Waals surface area (Å²) in [6, 6.07) is 6.64. The molecule has 1 aliphatic heterocycles. The third kappa shape index (κ3) is 3.25. The third-order valence-electron chi connectivity index (χ3n) is 3.44. The number of halogens is 1. The van der Waals surface area contributed by atoms with Gasteiger partial charge in [-0.25, -0.2) is 0 Å². The first-order chi connectivity index (χ1) is 8.06. The van der Waals surface area contributed by atoms with Crippen LogP contribution >= 0.6 is 22.6 Å². The van der Waals surface area contributed by atoms with Crippen molar-refractivity contribution in [1.29, 1.82) is 0 Å². The maximum Gasteiger partial charge on any atom is 0.0479 e. The average Bonchev–Trinajstić information content (AvgIpc) is 2.25. The minimum atomic E-state index is 0.573. The summed E-state index contributed by atoms with van der Waals surface area (Å²) in [6.07, 6.45) is 1.21. The molecule has 1 heterocycles. The summed E-state index contributed by atoms with van der Waals surface area (Å²) in [7, 11) is 2.19. The van der Waals surface area contributed by atoms with Crippen LogP contribution in [0.15, 0.2) is 18.2 Å². The number of nitrogens with one attached hydrogen (secondary N) is 1. The van der Waals surface area contributed by atoms with Crippen molar-refractivity contribution in [3.8, 4) is 0 Å². The summed E-state index contributed by atoms with van der Waals surface area (Å²) in [5.74, 6) is 0.683. The maximum absolute atomic E-state index is 5.77. The van der Waals surface area contributed by atoms with Gasteiger partial charge in [-0.15, -0.1) is 0 Å². The molecule has 0 bridgehead atoms. The van der Waals surface area contributed by atoms with E-state index in [1.165, 1.54) is 28.8 Å². The summed E-state index contributed by atoms with van der Waals surface area (Å²) in [6.45, 7) is 4.66. The largest absolute Gasteiger partial charge is 0.399 e. The van der Waals surface area contributed by atoms with Gasteiger partial charge in [-0.2, -0.15) is 0 Å². The van der Waals surface area contributed by atoms with Gasteiger partial charge in [0.05, 0.1) is 0 Å². The van der Waals surface area contributed by atoms with Gasteiger partial charge in [0.2, 0.25) is 0 Å². The van der Waals surface area contributed by atoms with Crippen molar-refractivity contribution >= 4 is 34.0 Å². The molecule has 2 rings (SSSR count). The Hall–Kier alpha value is -0.490. The second kappa shape index (κ2) is 5.44. The number of nitrogen functional groups attached to an aromatic ring is 1. The van der Waals surface area contributed by atoms with Crippen molar-refractivity contribution in [3.05, 3.63) is 21.8 Å². The van der Waals surface area contributed by atoms with Crippen LogP contribution in [0.1, 0.15) is 13.3 Å². The number of anilines is 2. The van der Waals surface area contributed by atoms with Gasteiger partial charge >= 0.3 is 0 Å². The summed E-state index contributed by atoms with van der Waals surface area (Å²) in [4.78, 5) is 2.40. The van der Waals surface area contributed by atoms with E-state index in [4.69, 9.17) is 5.73 Å². The first-order valence-corrected chi connectivity index (χ1v) is 7.14. The van der Waals surface area contributed by atoms with E-state index in [1.54, 1.807) is 0 Å². The molecule has 4 heteroatoms. The zero-order valence-electron chi connectivity index (χ0n) is 10.4. The Morgan fingerprint density at radius 2 is 2.24 bits per heavy atom. The fourth-order valence-corrected chi connectivity index (χ4v) is 3.11. The van der Waals surface area contributed by atoms with Crippen molar-refractivity contribution in [1.82, 2.24) is 4.90 Å². The molecule has 1 aromatic rings. The normalized spacial score (nSPS) is 25.8. The highest BCUT2D eigenvalue weighted by Crippen LogP contribution is 2.25. The molecule has 0 saturated carbocycles. The zero-order valence-corrected chi connectivity index (χ0v) is 12.6. The highest BCUT2D eigenvalue weighted by Gasteiger charge is 2.24. The van der Waals surface area contributed by atoms with Gasteiger partial charge in [-0.05, 0) is 66.7 Å². The Labute approximate surface area is 117 Å². The highest BCUT2D eigenvalue weighted by atomic mass is 127. The second-order valence-electron chi connectivity index (χ2n) is 5.02. The van der Waals surface area contributed by atoms with E-state index in [0.717, 1.165) is 5.69 Å². The topological polar surface area (TPSA) is 41.3 Å². The van der Waals surface area contributed by atoms with Crippen LogP contribution in [0.5, 0.6) is 0 Å². The van der Waals surface area contributed by atoms with Crippen LogP contribution in [-0.4, -0.2) is 31.1 Å². The van der Waals surface area contributed by atoms with Crippen molar-refractivity contribution in [2.24, 2.45) is 5.92 Å². The zero-order chi connectivity index (χ0) is 12.4. The standard InChI is InChI=1S/C13H20IN3/c1-9-8-17(2)6-5-12(9)16-13-4-3-10(15)7-11(13)14/h3-4,7,9,12,16H,5-6,8,15H2,1-2H3. The van der Waals surface area contributed by atoms with Crippen LogP contribution in [0.4, 0.5) is 11.4 Å². The van der Waals surface area contributed by atoms with Crippen LogP contribution in [0.25, 0.3) is 0 Å². The van der Waals surface area contributed by atoms with Crippen molar-refractivity contribution in [2.45, 2.75) is 19.4 Å². The monoisotopic (exact) mass is 345 g/mol. The summed E-state index contributed by atoms with van der Waals surface area (Å²) in [5, 5.41) is 3.66. The summed E-state index contributed by atoms with van der Waals surface area (Å²) >= 11 is 2.34. The van der Waals surface area contributed by atoms with Gasteiger partial charge < -0.3 is 16.0 Å². The first-order valence-electron chi connectivity index (χ1n) is 6.06. The molecular weight excluding hydrogens is 325 g/mol. The van der Waals surface area contributed by atoms with Gasteiger partial charge in [-0.3, -0.25) is 0 Å². The fourth-order valence-electron chi connectivity index (χ4n) is 2.42. The maximum atomic E-state index is 5.77. The number of hydrogen-bond acceptors (Lipinski definition) is 3. The van der Waals surface area contributed by atoms with E-state index >= 15 is 0 Å². The van der Waals surface area contributed by atoms with Crippen molar-refractivity contribution in [3.63, 3.8) is 0 Å². The Bertz CT molecular complexity index is 394. The van der Waals surface area contributed by atoms with Gasteiger partial charge in [0.1, 0.15) is 0 Å². The molecule has 3 nitrogen and oxygen atoms in total. The van der Waals surface area contributed by atoms with Crippen LogP contribution < -0.4 is 11.1 Å². The molecule has 2 unspecified atom stereocenters. The Morgan fingerprint density at radius 1 is 1.47 bits per heavy atom. The lowest BCUT2D eigenvalue weighted by molar-refractivity contribution is 0.206. The van der Waals surface area contributed by atoms with Crippen LogP contribution in [0, 0.1) is 9.49 Å². The second-order valence-corrected chi connectivity index (χ2v) is 6.18. The number of likely N-dealkylation sites (tertiary alicyclic amines) is 1. The number of nitrogens with two attached hydrogens (primary N) is 1. The van der Waals surface area contributed by atoms with E-state index in [-0.39, 0.29) is 0 Å². The van der Waals surface area contributed by atoms with E-state index in [2.05, 4.69) is 52.8 Å². The molecule has 0 radical (unpaired) electrons. The number of benzene rings is 1. The lowest BCUT2D eigenvalue weighted by atomic mass is 9.94. The molecule has 1 saturated heterocycles. The van der Waals surface area contributed by atoms with Crippen molar-refractivity contribution in [2.75, 3.05) is 31.2 Å². The lowest BCUT2D eigenvalue weighted by Crippen LogP contribution is -2.43. The van der Waals surface area contributed by atoms with E-state index in [9.17, 15) is 0 Å². The molecule has 0 aliphatic carbocycles. The molecule has 1 aliphatic rings. The predicted octanol–water partition coefficient (Wildman–Crippen LogP) is 2.63. The Kier molecular flexibility index (Phi) is 4.14. The van der Waals surface area contributed by atoms with Crippen LogP contribution in [-0.2, 0) is 0 Å². The molecule has 3 N–H and O–H groups in total. The fraction of sp³-hybridized carbons (Fsp3) is 0.538. The molecule has 0 aromatic heterocycles. The number of rotatable bonds is 2. The lowest BCUT2D eigenvalue weighted by Gasteiger charge is -2.36. The van der Waals surface area contributed by atoms with Gasteiger partial charge in [0, 0.05) is 27.5 Å². The summed E-state index contributed by atoms with van der Waals surface area (Å²) < 4.78 is 1.20. The predicted molar refractivity (Wildman–Crippen MR) is 82.3 cm³/mol. The SMILES string of the molecule is CC1CN(C)CCC1Nc1ccc(N)cc1I. The smallest absolute Gasteiger partial charge is 0.0479 e. The van der Waals surface area contributed by atoms with Gasteiger partial charge in [0.15, 0.2) is 0 Å². The number of nitrogens with zero attached hydrogens (tertiary/aromatic N) is 1. The molecular formula is C13H20IN3. The molecule has 94 valence electrons. The third-order valence-corrected chi connectivity index (χ3v) is 4.33. The van der Waals surface area contributed by atoms with Crippen molar-refractivity contribution < 1.29 is 0 Å². The minimum Gasteiger partial charge on any atom is -0.399 e. The minimum absolute atomic E-state index is 0.573. The summed E-state index contributed by atoms with van der Waals surface area (Å²) in [5.41, 5.74) is 7.81. The van der Waals surface area contributed by atoms with Gasteiger partial charge in [0.25, 0.3) is 0 Å². The highest BCUT2D eigenvalue weighted by molar-refractivity contribution is 14.1. The molecule has 1 fully saturated rings. The molecule has 17 heavy (non-hydrogen) atoms.